The Morgan fingerprint density at radius 3 is 1.86 bits per heavy atom. The summed E-state index contributed by atoms with van der Waals surface area (Å²) in [4.78, 5) is 21.9. The second kappa shape index (κ2) is 5.72. The fourth-order valence-electron chi connectivity index (χ4n) is 3.59. The summed E-state index contributed by atoms with van der Waals surface area (Å²) < 4.78 is 0. The van der Waals surface area contributed by atoms with Crippen LogP contribution in [0.25, 0.3) is 11.4 Å². The fourth-order valence-corrected chi connectivity index (χ4v) is 3.59. The first kappa shape index (κ1) is 15.0. The average molecular weight is 362 g/mol. The summed E-state index contributed by atoms with van der Waals surface area (Å²) in [6, 6.07) is 20.3. The van der Waals surface area contributed by atoms with Gasteiger partial charge in [-0.2, -0.15) is 0 Å². The summed E-state index contributed by atoms with van der Waals surface area (Å²) in [6.45, 7) is 0. The van der Waals surface area contributed by atoms with Gasteiger partial charge in [0.2, 0.25) is 11.9 Å². The largest absolute Gasteiger partial charge is 0.274 e. The van der Waals surface area contributed by atoms with Gasteiger partial charge in [0.05, 0.1) is 22.8 Å². The molecular weight excluding hydrogens is 348 g/mol. The molecule has 0 atom stereocenters. The molecule has 6 heteroatoms. The van der Waals surface area contributed by atoms with Crippen molar-refractivity contribution in [2.24, 2.45) is 0 Å². The van der Waals surface area contributed by atoms with Gasteiger partial charge in [-0.25, -0.2) is 19.9 Å². The van der Waals surface area contributed by atoms with E-state index >= 15 is 0 Å². The Morgan fingerprint density at radius 2 is 1.18 bits per heavy atom. The minimum atomic E-state index is 0.678. The van der Waals surface area contributed by atoms with Crippen LogP contribution in [0.2, 0.25) is 0 Å². The molecule has 0 amide bonds. The van der Waals surface area contributed by atoms with Gasteiger partial charge >= 0.3 is 0 Å². The molecule has 2 aliphatic heterocycles. The molecule has 6 nitrogen and oxygen atoms in total. The van der Waals surface area contributed by atoms with E-state index in [-0.39, 0.29) is 0 Å². The normalized spacial score (nSPS) is 14.1. The van der Waals surface area contributed by atoms with Crippen molar-refractivity contribution in [1.29, 1.82) is 0 Å². The van der Waals surface area contributed by atoms with Crippen LogP contribution in [0.1, 0.15) is 11.1 Å². The Bertz CT molecular complexity index is 1210. The molecule has 0 saturated carbocycles. The molecule has 0 unspecified atom stereocenters. The van der Waals surface area contributed by atoms with Crippen LogP contribution in [0.5, 0.6) is 0 Å². The number of anilines is 4. The fraction of sp³-hybridized carbons (Fsp3) is 0. The molecule has 2 aliphatic rings. The SMILES string of the molecule is c1ccc(C2=C(c3cccc4c3N4c3ncccn3)N2c2ncccn2)cc1. The van der Waals surface area contributed by atoms with E-state index in [1.54, 1.807) is 24.8 Å². The Labute approximate surface area is 161 Å². The van der Waals surface area contributed by atoms with Gasteiger partial charge < -0.3 is 0 Å². The van der Waals surface area contributed by atoms with E-state index in [0.29, 0.717) is 11.9 Å². The molecule has 4 aromatic rings. The number of hydrogen-bond donors (Lipinski definition) is 0. The number of fused-ring (bicyclic) bond motifs is 1. The first-order chi connectivity index (χ1) is 13.9. The Morgan fingerprint density at radius 1 is 0.536 bits per heavy atom. The number of benzene rings is 2. The summed E-state index contributed by atoms with van der Waals surface area (Å²) >= 11 is 0. The Hall–Kier alpha value is -4.06. The lowest BCUT2D eigenvalue weighted by molar-refractivity contribution is 1.13. The molecule has 0 saturated heterocycles. The van der Waals surface area contributed by atoms with Crippen molar-refractivity contribution >= 4 is 34.7 Å². The van der Waals surface area contributed by atoms with Crippen LogP contribution >= 0.6 is 0 Å². The molecule has 0 radical (unpaired) electrons. The maximum atomic E-state index is 4.45. The summed E-state index contributed by atoms with van der Waals surface area (Å²) in [5.41, 5.74) is 6.79. The standard InChI is InChI=1S/C22H14N6/c1-2-7-15(8-3-1)18-20(28(18)22-25-13-6-14-26-22)16-9-4-10-17-19(16)27(17)21-23-11-5-12-24-21/h1-14H. The lowest BCUT2D eigenvalue weighted by Gasteiger charge is -2.05. The van der Waals surface area contributed by atoms with E-state index < -0.39 is 0 Å². The highest BCUT2D eigenvalue weighted by Crippen LogP contribution is 2.60. The van der Waals surface area contributed by atoms with Crippen molar-refractivity contribution < 1.29 is 0 Å². The zero-order valence-corrected chi connectivity index (χ0v) is 14.8. The van der Waals surface area contributed by atoms with Crippen LogP contribution in [-0.4, -0.2) is 19.9 Å². The third-order valence-corrected chi connectivity index (χ3v) is 4.86. The van der Waals surface area contributed by atoms with Gasteiger partial charge in [0, 0.05) is 35.9 Å². The van der Waals surface area contributed by atoms with E-state index in [1.807, 2.05) is 30.3 Å². The number of para-hydroxylation sites is 1. The molecule has 6 rings (SSSR count). The number of nitrogens with zero attached hydrogens (tertiary/aromatic N) is 6. The van der Waals surface area contributed by atoms with Crippen molar-refractivity contribution in [3.63, 3.8) is 0 Å². The number of rotatable bonds is 4. The summed E-state index contributed by atoms with van der Waals surface area (Å²) in [6.07, 6.45) is 7.05. The van der Waals surface area contributed by atoms with Gasteiger partial charge in [0.25, 0.3) is 0 Å². The van der Waals surface area contributed by atoms with Gasteiger partial charge in [-0.1, -0.05) is 42.5 Å². The van der Waals surface area contributed by atoms with Crippen LogP contribution < -0.4 is 9.80 Å². The minimum absolute atomic E-state index is 0.678. The maximum Gasteiger partial charge on any atom is 0.234 e. The maximum absolute atomic E-state index is 4.45. The third-order valence-electron chi connectivity index (χ3n) is 4.86. The van der Waals surface area contributed by atoms with Crippen LogP contribution in [0.15, 0.2) is 85.5 Å². The highest BCUT2D eigenvalue weighted by Gasteiger charge is 2.45. The van der Waals surface area contributed by atoms with E-state index in [9.17, 15) is 0 Å². The second-order valence-corrected chi connectivity index (χ2v) is 6.50. The Balaban J connectivity index is 1.47. The summed E-state index contributed by atoms with van der Waals surface area (Å²) in [5.74, 6) is 1.37. The van der Waals surface area contributed by atoms with E-state index in [4.69, 9.17) is 0 Å². The monoisotopic (exact) mass is 362 g/mol. The van der Waals surface area contributed by atoms with Crippen LogP contribution in [0.4, 0.5) is 23.3 Å². The zero-order chi connectivity index (χ0) is 18.5. The molecular formula is C22H14N6. The van der Waals surface area contributed by atoms with Crippen molar-refractivity contribution in [1.82, 2.24) is 19.9 Å². The van der Waals surface area contributed by atoms with E-state index in [2.05, 4.69) is 60.1 Å². The molecule has 132 valence electrons. The minimum Gasteiger partial charge on any atom is -0.274 e. The first-order valence-electron chi connectivity index (χ1n) is 9.01. The third kappa shape index (κ3) is 2.21. The van der Waals surface area contributed by atoms with Crippen LogP contribution in [-0.2, 0) is 0 Å². The number of hydrogen-bond acceptors (Lipinski definition) is 6. The van der Waals surface area contributed by atoms with Gasteiger partial charge in [-0.3, -0.25) is 9.80 Å². The van der Waals surface area contributed by atoms with Gasteiger partial charge in [-0.15, -0.1) is 0 Å². The van der Waals surface area contributed by atoms with Crippen LogP contribution in [0, 0.1) is 0 Å². The molecule has 0 N–H and O–H groups in total. The molecule has 28 heavy (non-hydrogen) atoms. The number of aromatic nitrogens is 4. The van der Waals surface area contributed by atoms with E-state index in [1.165, 1.54) is 0 Å². The van der Waals surface area contributed by atoms with Crippen LogP contribution in [0.3, 0.4) is 0 Å². The predicted molar refractivity (Wildman–Crippen MR) is 108 cm³/mol. The highest BCUT2D eigenvalue weighted by molar-refractivity contribution is 6.24. The lowest BCUT2D eigenvalue weighted by Crippen LogP contribution is -2.02. The smallest absolute Gasteiger partial charge is 0.234 e. The molecule has 2 aromatic carbocycles. The summed E-state index contributed by atoms with van der Waals surface area (Å²) in [5, 5.41) is 0. The molecule has 0 spiro atoms. The van der Waals surface area contributed by atoms with Gasteiger partial charge in [0.15, 0.2) is 0 Å². The predicted octanol–water partition coefficient (Wildman–Crippen LogP) is 4.40. The Kier molecular flexibility index (Phi) is 3.07. The van der Waals surface area contributed by atoms with E-state index in [0.717, 1.165) is 33.9 Å². The highest BCUT2D eigenvalue weighted by atomic mass is 15.4. The molecule has 0 bridgehead atoms. The van der Waals surface area contributed by atoms with Gasteiger partial charge in [-0.05, 0) is 18.2 Å². The topological polar surface area (TPSA) is 57.6 Å². The van der Waals surface area contributed by atoms with Crippen molar-refractivity contribution in [2.45, 2.75) is 0 Å². The first-order valence-corrected chi connectivity index (χ1v) is 9.01. The van der Waals surface area contributed by atoms with Gasteiger partial charge in [0.1, 0.15) is 0 Å². The quantitative estimate of drug-likeness (QED) is 0.442. The van der Waals surface area contributed by atoms with Crippen molar-refractivity contribution in [3.05, 3.63) is 96.6 Å². The molecule has 0 aliphatic carbocycles. The summed E-state index contributed by atoms with van der Waals surface area (Å²) in [7, 11) is 0. The average Bonchev–Trinajstić information content (AvgIpc) is 3.68. The molecule has 4 heterocycles. The van der Waals surface area contributed by atoms with Crippen molar-refractivity contribution in [2.75, 3.05) is 9.80 Å². The molecule has 0 fully saturated rings. The lowest BCUT2D eigenvalue weighted by atomic mass is 10.1. The van der Waals surface area contributed by atoms with Crippen molar-refractivity contribution in [3.8, 4) is 0 Å². The molecule has 2 aromatic heterocycles. The second-order valence-electron chi connectivity index (χ2n) is 6.50. The zero-order valence-electron chi connectivity index (χ0n) is 14.8.